The SMILES string of the molecule is O=C(c1cccc(Br)c1)N(Cc1ccco1)c1nc2ccccc2s1. The van der Waals surface area contributed by atoms with Crippen LogP contribution in [0.2, 0.25) is 0 Å². The number of furan rings is 1. The Morgan fingerprint density at radius 3 is 2.76 bits per heavy atom. The summed E-state index contributed by atoms with van der Waals surface area (Å²) < 4.78 is 7.35. The number of rotatable bonds is 4. The Morgan fingerprint density at radius 1 is 1.12 bits per heavy atom. The van der Waals surface area contributed by atoms with Crippen LogP contribution in [0.1, 0.15) is 16.1 Å². The molecule has 1 amide bonds. The van der Waals surface area contributed by atoms with Gasteiger partial charge in [0.2, 0.25) is 0 Å². The minimum absolute atomic E-state index is 0.114. The van der Waals surface area contributed by atoms with Gasteiger partial charge in [-0.1, -0.05) is 45.5 Å². The lowest BCUT2D eigenvalue weighted by molar-refractivity contribution is 0.0983. The summed E-state index contributed by atoms with van der Waals surface area (Å²) in [6.07, 6.45) is 1.61. The fraction of sp³-hybridized carbons (Fsp3) is 0.0526. The number of aromatic nitrogens is 1. The lowest BCUT2D eigenvalue weighted by atomic mass is 10.2. The molecule has 25 heavy (non-hydrogen) atoms. The minimum atomic E-state index is -0.114. The van der Waals surface area contributed by atoms with Crippen LogP contribution in [-0.2, 0) is 6.54 Å². The van der Waals surface area contributed by atoms with Crippen molar-refractivity contribution < 1.29 is 9.21 Å². The number of hydrogen-bond donors (Lipinski definition) is 0. The van der Waals surface area contributed by atoms with Crippen molar-refractivity contribution in [2.45, 2.75) is 6.54 Å². The molecule has 0 unspecified atom stereocenters. The van der Waals surface area contributed by atoms with E-state index in [-0.39, 0.29) is 5.91 Å². The van der Waals surface area contributed by atoms with E-state index in [4.69, 9.17) is 4.42 Å². The van der Waals surface area contributed by atoms with Crippen molar-refractivity contribution in [3.8, 4) is 0 Å². The summed E-state index contributed by atoms with van der Waals surface area (Å²) >= 11 is 4.92. The molecule has 0 aliphatic heterocycles. The molecule has 2 aromatic heterocycles. The number of halogens is 1. The number of nitrogens with zero attached hydrogens (tertiary/aromatic N) is 2. The number of benzene rings is 2. The normalized spacial score (nSPS) is 10.9. The summed E-state index contributed by atoms with van der Waals surface area (Å²) in [7, 11) is 0. The molecule has 0 fully saturated rings. The smallest absolute Gasteiger partial charge is 0.260 e. The summed E-state index contributed by atoms with van der Waals surface area (Å²) in [5.74, 6) is 0.597. The first-order valence-corrected chi connectivity index (χ1v) is 9.27. The molecule has 0 aliphatic rings. The lowest BCUT2D eigenvalue weighted by Gasteiger charge is -2.19. The van der Waals surface area contributed by atoms with E-state index in [9.17, 15) is 4.79 Å². The summed E-state index contributed by atoms with van der Waals surface area (Å²) in [6.45, 7) is 0.332. The predicted octanol–water partition coefficient (Wildman–Crippen LogP) is 5.50. The summed E-state index contributed by atoms with van der Waals surface area (Å²) in [4.78, 5) is 19.4. The largest absolute Gasteiger partial charge is 0.467 e. The van der Waals surface area contributed by atoms with Gasteiger partial charge < -0.3 is 4.42 Å². The minimum Gasteiger partial charge on any atom is -0.467 e. The highest BCUT2D eigenvalue weighted by molar-refractivity contribution is 9.10. The highest BCUT2D eigenvalue weighted by Crippen LogP contribution is 2.31. The van der Waals surface area contributed by atoms with Gasteiger partial charge in [-0.2, -0.15) is 0 Å². The highest BCUT2D eigenvalue weighted by Gasteiger charge is 2.22. The second-order valence-electron chi connectivity index (χ2n) is 5.45. The van der Waals surface area contributed by atoms with Gasteiger partial charge in [-0.05, 0) is 42.5 Å². The monoisotopic (exact) mass is 412 g/mol. The van der Waals surface area contributed by atoms with E-state index < -0.39 is 0 Å². The molecule has 2 aromatic carbocycles. The maximum Gasteiger partial charge on any atom is 0.260 e. The van der Waals surface area contributed by atoms with Crippen LogP contribution in [0.3, 0.4) is 0 Å². The maximum atomic E-state index is 13.1. The van der Waals surface area contributed by atoms with Gasteiger partial charge in [-0.3, -0.25) is 9.69 Å². The van der Waals surface area contributed by atoms with Crippen LogP contribution in [0.15, 0.2) is 75.8 Å². The van der Waals surface area contributed by atoms with E-state index in [1.54, 1.807) is 17.2 Å². The predicted molar refractivity (Wildman–Crippen MR) is 103 cm³/mol. The van der Waals surface area contributed by atoms with E-state index in [0.717, 1.165) is 14.7 Å². The zero-order valence-corrected chi connectivity index (χ0v) is 15.5. The zero-order chi connectivity index (χ0) is 17.2. The van der Waals surface area contributed by atoms with Gasteiger partial charge in [0.25, 0.3) is 5.91 Å². The molecule has 0 N–H and O–H groups in total. The summed E-state index contributed by atoms with van der Waals surface area (Å²) in [5.41, 5.74) is 1.48. The van der Waals surface area contributed by atoms with Gasteiger partial charge in [0.05, 0.1) is 23.0 Å². The molecular weight excluding hydrogens is 400 g/mol. The highest BCUT2D eigenvalue weighted by atomic mass is 79.9. The number of amides is 1. The van der Waals surface area contributed by atoms with Crippen LogP contribution in [0.25, 0.3) is 10.2 Å². The molecule has 124 valence electrons. The van der Waals surface area contributed by atoms with E-state index in [0.29, 0.717) is 23.0 Å². The van der Waals surface area contributed by atoms with Gasteiger partial charge in [-0.25, -0.2) is 4.98 Å². The number of hydrogen-bond acceptors (Lipinski definition) is 4. The van der Waals surface area contributed by atoms with Crippen molar-refractivity contribution in [2.24, 2.45) is 0 Å². The van der Waals surface area contributed by atoms with Crippen LogP contribution in [0, 0.1) is 0 Å². The zero-order valence-electron chi connectivity index (χ0n) is 13.1. The molecule has 0 bridgehead atoms. The molecule has 0 spiro atoms. The Kier molecular flexibility index (Phi) is 4.38. The van der Waals surface area contributed by atoms with Gasteiger partial charge in [-0.15, -0.1) is 0 Å². The van der Waals surface area contributed by atoms with Gasteiger partial charge in [0.1, 0.15) is 5.76 Å². The maximum absolute atomic E-state index is 13.1. The average Bonchev–Trinajstić information content (AvgIpc) is 3.28. The second kappa shape index (κ2) is 6.82. The molecule has 2 heterocycles. The molecule has 0 saturated heterocycles. The Hall–Kier alpha value is -2.44. The van der Waals surface area contributed by atoms with Crippen LogP contribution in [0.4, 0.5) is 5.13 Å². The fourth-order valence-electron chi connectivity index (χ4n) is 2.54. The Bertz CT molecular complexity index is 994. The van der Waals surface area contributed by atoms with Crippen molar-refractivity contribution >= 4 is 48.5 Å². The molecule has 4 aromatic rings. The summed E-state index contributed by atoms with van der Waals surface area (Å²) in [5, 5.41) is 0.655. The topological polar surface area (TPSA) is 46.3 Å². The van der Waals surface area contributed by atoms with Gasteiger partial charge in [0.15, 0.2) is 5.13 Å². The van der Waals surface area contributed by atoms with Crippen molar-refractivity contribution in [1.29, 1.82) is 0 Å². The first-order valence-electron chi connectivity index (χ1n) is 7.66. The molecule has 0 atom stereocenters. The third-order valence-electron chi connectivity index (χ3n) is 3.72. The van der Waals surface area contributed by atoms with Crippen molar-refractivity contribution in [3.63, 3.8) is 0 Å². The second-order valence-corrected chi connectivity index (χ2v) is 7.37. The number of carbonyl (C=O) groups excluding carboxylic acids is 1. The molecule has 6 heteroatoms. The summed E-state index contributed by atoms with van der Waals surface area (Å²) in [6, 6.07) is 18.9. The molecule has 0 radical (unpaired) electrons. The third-order valence-corrected chi connectivity index (χ3v) is 5.28. The van der Waals surface area contributed by atoms with Crippen LogP contribution in [-0.4, -0.2) is 10.9 Å². The van der Waals surface area contributed by atoms with Crippen LogP contribution < -0.4 is 4.90 Å². The van der Waals surface area contributed by atoms with E-state index >= 15 is 0 Å². The first-order chi connectivity index (χ1) is 12.2. The fourth-order valence-corrected chi connectivity index (χ4v) is 3.90. The number of thiazole rings is 1. The van der Waals surface area contributed by atoms with E-state index in [1.165, 1.54) is 11.3 Å². The van der Waals surface area contributed by atoms with Crippen molar-refractivity contribution in [2.75, 3.05) is 4.90 Å². The van der Waals surface area contributed by atoms with Gasteiger partial charge in [0, 0.05) is 10.0 Å². The quantitative estimate of drug-likeness (QED) is 0.444. The van der Waals surface area contributed by atoms with Crippen LogP contribution in [0.5, 0.6) is 0 Å². The molecule has 4 rings (SSSR count). The van der Waals surface area contributed by atoms with E-state index in [1.807, 2.05) is 54.6 Å². The lowest BCUT2D eigenvalue weighted by Crippen LogP contribution is -2.30. The number of anilines is 1. The van der Waals surface area contributed by atoms with Crippen LogP contribution >= 0.6 is 27.3 Å². The molecular formula is C19H13BrN2O2S. The molecule has 0 saturated carbocycles. The van der Waals surface area contributed by atoms with Crippen molar-refractivity contribution in [1.82, 2.24) is 4.98 Å². The first kappa shape index (κ1) is 16.1. The Labute approximate surface area is 156 Å². The number of carbonyl (C=O) groups is 1. The molecule has 4 nitrogen and oxygen atoms in total. The molecule has 0 aliphatic carbocycles. The number of para-hydroxylation sites is 1. The standard InChI is InChI=1S/C19H13BrN2O2S/c20-14-6-3-5-13(11-14)18(23)22(12-15-7-4-10-24-15)19-21-16-8-1-2-9-17(16)25-19/h1-11H,12H2. The van der Waals surface area contributed by atoms with Crippen molar-refractivity contribution in [3.05, 3.63) is 82.7 Å². The Balaban J connectivity index is 1.76. The average molecular weight is 413 g/mol. The van der Waals surface area contributed by atoms with Gasteiger partial charge >= 0.3 is 0 Å². The Morgan fingerprint density at radius 2 is 2.00 bits per heavy atom. The number of fused-ring (bicyclic) bond motifs is 1. The third kappa shape index (κ3) is 3.36. The van der Waals surface area contributed by atoms with E-state index in [2.05, 4.69) is 20.9 Å².